The highest BCUT2D eigenvalue weighted by atomic mass is 16.5. The predicted molar refractivity (Wildman–Crippen MR) is 106 cm³/mol. The Bertz CT molecular complexity index is 739. The van der Waals surface area contributed by atoms with Gasteiger partial charge in [-0.25, -0.2) is 0 Å². The van der Waals surface area contributed by atoms with Crippen LogP contribution >= 0.6 is 0 Å². The van der Waals surface area contributed by atoms with E-state index in [4.69, 9.17) is 9.47 Å². The molecule has 0 bridgehead atoms. The molecule has 5 nitrogen and oxygen atoms in total. The van der Waals surface area contributed by atoms with E-state index in [1.165, 1.54) is 31.5 Å². The van der Waals surface area contributed by atoms with Crippen LogP contribution in [0.25, 0.3) is 0 Å². The minimum absolute atomic E-state index is 0.129. The zero-order valence-corrected chi connectivity index (χ0v) is 16.1. The molecule has 0 radical (unpaired) electrons. The van der Waals surface area contributed by atoms with E-state index in [9.17, 15) is 4.79 Å². The minimum Gasteiger partial charge on any atom is -0.497 e. The molecule has 2 aromatic rings. The zero-order valence-electron chi connectivity index (χ0n) is 16.1. The number of carbonyl (C=O) groups excluding carboxylic acids is 1. The van der Waals surface area contributed by atoms with Crippen LogP contribution in [-0.2, 0) is 17.9 Å². The lowest BCUT2D eigenvalue weighted by Crippen LogP contribution is -2.35. The van der Waals surface area contributed by atoms with Gasteiger partial charge in [-0.1, -0.05) is 24.3 Å². The standard InChI is InChI=1S/C22H28N2O3/c1-17(27-21-10-8-20(26-2)9-11-21)22(25)23-15-18-6-5-7-19(14-18)16-24-12-3-4-13-24/h5-11,14,17H,3-4,12-13,15-16H2,1-2H3,(H,23,25)/t17-/m1/s1. The lowest BCUT2D eigenvalue weighted by atomic mass is 10.1. The van der Waals surface area contributed by atoms with E-state index in [1.807, 2.05) is 18.2 Å². The number of rotatable bonds is 8. The van der Waals surface area contributed by atoms with Gasteiger partial charge in [0.1, 0.15) is 11.5 Å². The summed E-state index contributed by atoms with van der Waals surface area (Å²) < 4.78 is 10.8. The highest BCUT2D eigenvalue weighted by Gasteiger charge is 2.15. The molecular weight excluding hydrogens is 340 g/mol. The normalized spacial score (nSPS) is 15.3. The fraction of sp³-hybridized carbons (Fsp3) is 0.409. The number of carbonyl (C=O) groups is 1. The maximum Gasteiger partial charge on any atom is 0.261 e. The molecule has 27 heavy (non-hydrogen) atoms. The molecule has 0 saturated carbocycles. The van der Waals surface area contributed by atoms with Gasteiger partial charge in [-0.15, -0.1) is 0 Å². The maximum absolute atomic E-state index is 12.3. The molecule has 0 aromatic heterocycles. The van der Waals surface area contributed by atoms with Gasteiger partial charge in [-0.3, -0.25) is 9.69 Å². The monoisotopic (exact) mass is 368 g/mol. The van der Waals surface area contributed by atoms with Crippen molar-refractivity contribution in [1.82, 2.24) is 10.2 Å². The molecule has 0 spiro atoms. The molecule has 1 amide bonds. The number of hydrogen-bond acceptors (Lipinski definition) is 4. The van der Waals surface area contributed by atoms with Crippen molar-refractivity contribution in [1.29, 1.82) is 0 Å². The average molecular weight is 368 g/mol. The van der Waals surface area contributed by atoms with Gasteiger partial charge in [-0.05, 0) is 68.2 Å². The number of methoxy groups -OCH3 is 1. The van der Waals surface area contributed by atoms with Crippen molar-refractivity contribution >= 4 is 5.91 Å². The lowest BCUT2D eigenvalue weighted by molar-refractivity contribution is -0.127. The van der Waals surface area contributed by atoms with Gasteiger partial charge in [0.05, 0.1) is 7.11 Å². The number of likely N-dealkylation sites (tertiary alicyclic amines) is 1. The van der Waals surface area contributed by atoms with Crippen LogP contribution in [0.5, 0.6) is 11.5 Å². The van der Waals surface area contributed by atoms with Gasteiger partial charge in [0.15, 0.2) is 6.10 Å². The van der Waals surface area contributed by atoms with Crippen molar-refractivity contribution in [3.05, 3.63) is 59.7 Å². The number of hydrogen-bond donors (Lipinski definition) is 1. The van der Waals surface area contributed by atoms with Gasteiger partial charge in [-0.2, -0.15) is 0 Å². The molecule has 1 fully saturated rings. The van der Waals surface area contributed by atoms with E-state index in [1.54, 1.807) is 26.2 Å². The van der Waals surface area contributed by atoms with Crippen molar-refractivity contribution < 1.29 is 14.3 Å². The first-order valence-corrected chi connectivity index (χ1v) is 9.52. The van der Waals surface area contributed by atoms with E-state index in [0.29, 0.717) is 12.3 Å². The first-order chi connectivity index (χ1) is 13.1. The largest absolute Gasteiger partial charge is 0.497 e. The highest BCUT2D eigenvalue weighted by molar-refractivity contribution is 5.80. The molecule has 3 rings (SSSR count). The van der Waals surface area contributed by atoms with Crippen LogP contribution in [0.3, 0.4) is 0 Å². The predicted octanol–water partition coefficient (Wildman–Crippen LogP) is 3.37. The summed E-state index contributed by atoms with van der Waals surface area (Å²) in [6, 6.07) is 15.6. The Morgan fingerprint density at radius 3 is 2.44 bits per heavy atom. The molecule has 0 aliphatic carbocycles. The second-order valence-corrected chi connectivity index (χ2v) is 6.96. The molecule has 1 heterocycles. The molecule has 144 valence electrons. The van der Waals surface area contributed by atoms with E-state index in [2.05, 4.69) is 28.4 Å². The Balaban J connectivity index is 1.48. The summed E-state index contributed by atoms with van der Waals surface area (Å²) in [7, 11) is 1.62. The summed E-state index contributed by atoms with van der Waals surface area (Å²) in [5.74, 6) is 1.27. The van der Waals surface area contributed by atoms with E-state index >= 15 is 0 Å². The topological polar surface area (TPSA) is 50.8 Å². The molecule has 2 aromatic carbocycles. The fourth-order valence-electron chi connectivity index (χ4n) is 3.28. The van der Waals surface area contributed by atoms with Gasteiger partial charge in [0.25, 0.3) is 5.91 Å². The van der Waals surface area contributed by atoms with Crippen LogP contribution < -0.4 is 14.8 Å². The van der Waals surface area contributed by atoms with Crippen LogP contribution in [0.15, 0.2) is 48.5 Å². The van der Waals surface area contributed by atoms with E-state index < -0.39 is 6.10 Å². The quantitative estimate of drug-likeness (QED) is 0.776. The van der Waals surface area contributed by atoms with Gasteiger partial charge < -0.3 is 14.8 Å². The smallest absolute Gasteiger partial charge is 0.261 e. The van der Waals surface area contributed by atoms with Crippen LogP contribution in [0.1, 0.15) is 30.9 Å². The van der Waals surface area contributed by atoms with Crippen molar-refractivity contribution in [2.45, 2.75) is 39.0 Å². The Labute approximate surface area is 161 Å². The van der Waals surface area contributed by atoms with Crippen LogP contribution in [0.4, 0.5) is 0 Å². The summed E-state index contributed by atoms with van der Waals surface area (Å²) in [6.45, 7) is 5.60. The molecular formula is C22H28N2O3. The second kappa shape index (κ2) is 9.42. The van der Waals surface area contributed by atoms with E-state index in [-0.39, 0.29) is 5.91 Å². The second-order valence-electron chi connectivity index (χ2n) is 6.96. The van der Waals surface area contributed by atoms with E-state index in [0.717, 1.165) is 17.9 Å². The summed E-state index contributed by atoms with van der Waals surface area (Å²) in [4.78, 5) is 14.8. The first kappa shape index (κ1) is 19.2. The summed E-state index contributed by atoms with van der Waals surface area (Å²) in [6.07, 6.45) is 2.02. The molecule has 1 saturated heterocycles. The number of amides is 1. The number of nitrogens with zero attached hydrogens (tertiary/aromatic N) is 1. The molecule has 1 N–H and O–H groups in total. The van der Waals surface area contributed by atoms with Crippen molar-refractivity contribution in [3.8, 4) is 11.5 Å². The Kier molecular flexibility index (Phi) is 6.71. The Hall–Kier alpha value is -2.53. The summed E-state index contributed by atoms with van der Waals surface area (Å²) in [5.41, 5.74) is 2.41. The first-order valence-electron chi connectivity index (χ1n) is 9.52. The summed E-state index contributed by atoms with van der Waals surface area (Å²) in [5, 5.41) is 2.96. The van der Waals surface area contributed by atoms with Crippen LogP contribution in [-0.4, -0.2) is 37.1 Å². The fourth-order valence-corrected chi connectivity index (χ4v) is 3.28. The lowest BCUT2D eigenvalue weighted by Gasteiger charge is -2.16. The third-order valence-electron chi connectivity index (χ3n) is 4.80. The molecule has 1 aliphatic rings. The Morgan fingerprint density at radius 1 is 1.07 bits per heavy atom. The summed E-state index contributed by atoms with van der Waals surface area (Å²) >= 11 is 0. The highest BCUT2D eigenvalue weighted by Crippen LogP contribution is 2.18. The van der Waals surface area contributed by atoms with Crippen LogP contribution in [0.2, 0.25) is 0 Å². The molecule has 0 unspecified atom stereocenters. The molecule has 1 aliphatic heterocycles. The van der Waals surface area contributed by atoms with Crippen molar-refractivity contribution in [3.63, 3.8) is 0 Å². The number of ether oxygens (including phenoxy) is 2. The van der Waals surface area contributed by atoms with Gasteiger partial charge in [0, 0.05) is 13.1 Å². The maximum atomic E-state index is 12.3. The minimum atomic E-state index is -0.564. The zero-order chi connectivity index (χ0) is 19.1. The average Bonchev–Trinajstić information content (AvgIpc) is 3.20. The van der Waals surface area contributed by atoms with Gasteiger partial charge in [0.2, 0.25) is 0 Å². The third-order valence-corrected chi connectivity index (χ3v) is 4.80. The molecule has 5 heteroatoms. The number of benzene rings is 2. The SMILES string of the molecule is COc1ccc(O[C@H](C)C(=O)NCc2cccc(CN3CCCC3)c2)cc1. The third kappa shape index (κ3) is 5.73. The van der Waals surface area contributed by atoms with Crippen molar-refractivity contribution in [2.24, 2.45) is 0 Å². The number of nitrogens with one attached hydrogen (secondary N) is 1. The van der Waals surface area contributed by atoms with Gasteiger partial charge >= 0.3 is 0 Å². The Morgan fingerprint density at radius 2 is 1.74 bits per heavy atom. The molecule has 1 atom stereocenters. The van der Waals surface area contributed by atoms with Crippen LogP contribution in [0, 0.1) is 0 Å². The van der Waals surface area contributed by atoms with Crippen molar-refractivity contribution in [2.75, 3.05) is 20.2 Å².